The van der Waals surface area contributed by atoms with E-state index in [1.54, 1.807) is 19.1 Å². The minimum atomic E-state index is -0.650. The van der Waals surface area contributed by atoms with Crippen molar-refractivity contribution in [1.82, 2.24) is 4.98 Å². The average molecular weight is 292 g/mol. The molecule has 1 heterocycles. The molecule has 0 spiro atoms. The second-order valence-electron chi connectivity index (χ2n) is 6.08. The maximum Gasteiger partial charge on any atom is 0.339 e. The Hall–Kier alpha value is -1.62. The first kappa shape index (κ1) is 15.8. The maximum atomic E-state index is 11.5. The van der Waals surface area contributed by atoms with Gasteiger partial charge in [0.15, 0.2) is 0 Å². The van der Waals surface area contributed by atoms with Crippen molar-refractivity contribution < 1.29 is 14.6 Å². The molecule has 1 aliphatic carbocycles. The summed E-state index contributed by atoms with van der Waals surface area (Å²) in [5.74, 6) is 0.989. The summed E-state index contributed by atoms with van der Waals surface area (Å²) >= 11 is 0. The van der Waals surface area contributed by atoms with E-state index >= 15 is 0 Å². The zero-order valence-electron chi connectivity index (χ0n) is 13.0. The number of rotatable bonds is 4. The molecule has 116 valence electrons. The smallest absolute Gasteiger partial charge is 0.339 e. The van der Waals surface area contributed by atoms with Gasteiger partial charge >= 0.3 is 5.97 Å². The predicted octanol–water partition coefficient (Wildman–Crippen LogP) is 2.53. The summed E-state index contributed by atoms with van der Waals surface area (Å²) in [6.07, 6.45) is 3.76. The van der Waals surface area contributed by atoms with Crippen LogP contribution in [0.4, 0.5) is 5.82 Å². The van der Waals surface area contributed by atoms with Crippen LogP contribution in [0.3, 0.4) is 0 Å². The highest BCUT2D eigenvalue weighted by molar-refractivity contribution is 5.90. The Morgan fingerprint density at radius 1 is 1.48 bits per heavy atom. The van der Waals surface area contributed by atoms with Crippen molar-refractivity contribution in [2.45, 2.75) is 45.1 Å². The van der Waals surface area contributed by atoms with E-state index in [1.807, 2.05) is 0 Å². The third-order valence-electron chi connectivity index (χ3n) is 4.29. The van der Waals surface area contributed by atoms with Gasteiger partial charge in [0.1, 0.15) is 5.82 Å². The standard InChI is InChI=1S/C16H24N2O3/c1-11-6-8-16(20,9-7-11)10-17-14-5-4-13(12(2)18-14)15(19)21-3/h4-5,11,20H,6-10H2,1-3H3,(H,17,18). The number of nitrogens with zero attached hydrogens (tertiary/aromatic N) is 1. The lowest BCUT2D eigenvalue weighted by molar-refractivity contribution is 0.00493. The van der Waals surface area contributed by atoms with Gasteiger partial charge in [-0.25, -0.2) is 9.78 Å². The Labute approximate surface area is 125 Å². The van der Waals surface area contributed by atoms with E-state index < -0.39 is 5.60 Å². The first-order valence-electron chi connectivity index (χ1n) is 7.46. The molecule has 5 heteroatoms. The number of anilines is 1. The van der Waals surface area contributed by atoms with E-state index in [0.29, 0.717) is 29.5 Å². The number of aryl methyl sites for hydroxylation is 1. The van der Waals surface area contributed by atoms with Crippen LogP contribution in [-0.4, -0.2) is 35.3 Å². The van der Waals surface area contributed by atoms with Crippen LogP contribution in [0.25, 0.3) is 0 Å². The molecule has 1 fully saturated rings. The number of ether oxygens (including phenoxy) is 1. The highest BCUT2D eigenvalue weighted by Gasteiger charge is 2.31. The minimum absolute atomic E-state index is 0.383. The number of hydrogen-bond acceptors (Lipinski definition) is 5. The Morgan fingerprint density at radius 3 is 2.71 bits per heavy atom. The largest absolute Gasteiger partial charge is 0.465 e. The Balaban J connectivity index is 1.97. The van der Waals surface area contributed by atoms with Crippen LogP contribution in [0.2, 0.25) is 0 Å². The number of nitrogens with one attached hydrogen (secondary N) is 1. The Morgan fingerprint density at radius 2 is 2.14 bits per heavy atom. The van der Waals surface area contributed by atoms with Crippen LogP contribution in [0, 0.1) is 12.8 Å². The Kier molecular flexibility index (Phi) is 4.83. The van der Waals surface area contributed by atoms with Gasteiger partial charge in [-0.1, -0.05) is 6.92 Å². The van der Waals surface area contributed by atoms with Gasteiger partial charge in [-0.05, 0) is 50.7 Å². The fourth-order valence-corrected chi connectivity index (χ4v) is 2.72. The van der Waals surface area contributed by atoms with Crippen molar-refractivity contribution in [3.63, 3.8) is 0 Å². The quantitative estimate of drug-likeness (QED) is 0.834. The molecule has 21 heavy (non-hydrogen) atoms. The fourth-order valence-electron chi connectivity index (χ4n) is 2.72. The molecule has 2 rings (SSSR count). The molecule has 0 atom stereocenters. The van der Waals surface area contributed by atoms with Crippen molar-refractivity contribution in [2.75, 3.05) is 19.0 Å². The molecule has 1 aromatic heterocycles. The molecule has 0 amide bonds. The lowest BCUT2D eigenvalue weighted by atomic mass is 9.79. The summed E-state index contributed by atoms with van der Waals surface area (Å²) in [5.41, 5.74) is 0.438. The number of esters is 1. The van der Waals surface area contributed by atoms with Gasteiger partial charge in [-0.15, -0.1) is 0 Å². The van der Waals surface area contributed by atoms with Gasteiger partial charge in [0.25, 0.3) is 0 Å². The molecule has 0 radical (unpaired) electrons. The van der Waals surface area contributed by atoms with Crippen molar-refractivity contribution in [3.05, 3.63) is 23.4 Å². The summed E-state index contributed by atoms with van der Waals surface area (Å²) in [5, 5.41) is 13.7. The minimum Gasteiger partial charge on any atom is -0.465 e. The SMILES string of the molecule is COC(=O)c1ccc(NCC2(O)CCC(C)CC2)nc1C. The van der Waals surface area contributed by atoms with Crippen molar-refractivity contribution in [3.8, 4) is 0 Å². The van der Waals surface area contributed by atoms with Gasteiger partial charge in [0, 0.05) is 6.54 Å². The number of carbonyl (C=O) groups is 1. The summed E-state index contributed by atoms with van der Waals surface area (Å²) in [4.78, 5) is 15.9. The number of pyridine rings is 1. The fraction of sp³-hybridized carbons (Fsp3) is 0.625. The summed E-state index contributed by atoms with van der Waals surface area (Å²) in [6.45, 7) is 4.49. The molecule has 0 bridgehead atoms. The molecule has 0 aromatic carbocycles. The van der Waals surface area contributed by atoms with Gasteiger partial charge in [-0.3, -0.25) is 0 Å². The predicted molar refractivity (Wildman–Crippen MR) is 81.4 cm³/mol. The van der Waals surface area contributed by atoms with Crippen molar-refractivity contribution in [1.29, 1.82) is 0 Å². The zero-order chi connectivity index (χ0) is 15.5. The summed E-state index contributed by atoms with van der Waals surface area (Å²) in [6, 6.07) is 3.44. The highest BCUT2D eigenvalue weighted by Crippen LogP contribution is 2.31. The number of hydrogen-bond donors (Lipinski definition) is 2. The van der Waals surface area contributed by atoms with E-state index in [-0.39, 0.29) is 5.97 Å². The molecule has 0 aliphatic heterocycles. The summed E-state index contributed by atoms with van der Waals surface area (Å²) in [7, 11) is 1.35. The zero-order valence-corrected chi connectivity index (χ0v) is 13.0. The van der Waals surface area contributed by atoms with Gasteiger partial charge < -0.3 is 15.2 Å². The normalized spacial score (nSPS) is 25.4. The highest BCUT2D eigenvalue weighted by atomic mass is 16.5. The van der Waals surface area contributed by atoms with Gasteiger partial charge in [0.2, 0.25) is 0 Å². The van der Waals surface area contributed by atoms with Gasteiger partial charge in [0.05, 0.1) is 24.0 Å². The van der Waals surface area contributed by atoms with E-state index in [0.717, 1.165) is 25.7 Å². The van der Waals surface area contributed by atoms with Crippen LogP contribution in [0.5, 0.6) is 0 Å². The summed E-state index contributed by atoms with van der Waals surface area (Å²) < 4.78 is 4.70. The van der Waals surface area contributed by atoms with Crippen LogP contribution >= 0.6 is 0 Å². The number of carbonyl (C=O) groups excluding carboxylic acids is 1. The lowest BCUT2D eigenvalue weighted by Gasteiger charge is -2.35. The number of aromatic nitrogens is 1. The van der Waals surface area contributed by atoms with Crippen LogP contribution < -0.4 is 5.32 Å². The second kappa shape index (κ2) is 6.43. The third-order valence-corrected chi connectivity index (χ3v) is 4.29. The van der Waals surface area contributed by atoms with Gasteiger partial charge in [-0.2, -0.15) is 0 Å². The molecule has 1 aromatic rings. The topological polar surface area (TPSA) is 71.5 Å². The lowest BCUT2D eigenvalue weighted by Crippen LogP contribution is -2.40. The third kappa shape index (κ3) is 3.94. The van der Waals surface area contributed by atoms with Crippen LogP contribution in [-0.2, 0) is 4.74 Å². The van der Waals surface area contributed by atoms with E-state index in [9.17, 15) is 9.90 Å². The maximum absolute atomic E-state index is 11.5. The average Bonchev–Trinajstić information content (AvgIpc) is 2.48. The van der Waals surface area contributed by atoms with E-state index in [2.05, 4.69) is 17.2 Å². The molecule has 0 unspecified atom stereocenters. The molecular weight excluding hydrogens is 268 g/mol. The van der Waals surface area contributed by atoms with E-state index in [4.69, 9.17) is 4.74 Å². The number of aliphatic hydroxyl groups is 1. The first-order valence-corrected chi connectivity index (χ1v) is 7.46. The molecule has 5 nitrogen and oxygen atoms in total. The molecule has 1 saturated carbocycles. The monoisotopic (exact) mass is 292 g/mol. The number of methoxy groups -OCH3 is 1. The molecule has 0 saturated heterocycles. The van der Waals surface area contributed by atoms with E-state index in [1.165, 1.54) is 7.11 Å². The first-order chi connectivity index (χ1) is 9.93. The molecular formula is C16H24N2O3. The second-order valence-corrected chi connectivity index (χ2v) is 6.08. The van der Waals surface area contributed by atoms with Crippen LogP contribution in [0.1, 0.15) is 48.7 Å². The Bertz CT molecular complexity index is 508. The van der Waals surface area contributed by atoms with Crippen LogP contribution in [0.15, 0.2) is 12.1 Å². The van der Waals surface area contributed by atoms with Crippen molar-refractivity contribution in [2.24, 2.45) is 5.92 Å². The van der Waals surface area contributed by atoms with Crippen molar-refractivity contribution >= 4 is 11.8 Å². The molecule has 1 aliphatic rings. The molecule has 2 N–H and O–H groups in total.